The van der Waals surface area contributed by atoms with Crippen molar-refractivity contribution in [2.24, 2.45) is 0 Å². The predicted octanol–water partition coefficient (Wildman–Crippen LogP) is 2.22. The first-order valence-corrected chi connectivity index (χ1v) is 9.05. The summed E-state index contributed by atoms with van der Waals surface area (Å²) in [6, 6.07) is 6.46. The lowest BCUT2D eigenvalue weighted by molar-refractivity contribution is 0.555. The van der Waals surface area contributed by atoms with E-state index in [0.29, 0.717) is 10.9 Å². The molecule has 0 amide bonds. The van der Waals surface area contributed by atoms with Gasteiger partial charge in [0.2, 0.25) is 10.0 Å². The first-order chi connectivity index (χ1) is 9.03. The van der Waals surface area contributed by atoms with Gasteiger partial charge in [-0.1, -0.05) is 19.4 Å². The van der Waals surface area contributed by atoms with E-state index in [-0.39, 0.29) is 10.9 Å². The van der Waals surface area contributed by atoms with Gasteiger partial charge in [-0.15, -0.1) is 0 Å². The van der Waals surface area contributed by atoms with E-state index in [4.69, 9.17) is 5.73 Å². The summed E-state index contributed by atoms with van der Waals surface area (Å²) in [7, 11) is -3.46. The summed E-state index contributed by atoms with van der Waals surface area (Å²) in [4.78, 5) is 0.250. The van der Waals surface area contributed by atoms with Crippen LogP contribution in [0.5, 0.6) is 0 Å². The fourth-order valence-electron chi connectivity index (χ4n) is 2.42. The minimum Gasteiger partial charge on any atom is -0.399 e. The van der Waals surface area contributed by atoms with E-state index in [1.165, 1.54) is 6.07 Å². The van der Waals surface area contributed by atoms with Gasteiger partial charge in [0.1, 0.15) is 0 Å². The Bertz CT molecular complexity index is 531. The molecule has 106 valence electrons. The quantitative estimate of drug-likeness (QED) is 0.818. The number of sulfonamides is 1. The molecule has 1 aromatic carbocycles. The lowest BCUT2D eigenvalue weighted by Crippen LogP contribution is -2.38. The molecule has 1 aliphatic carbocycles. The molecule has 2 atom stereocenters. The highest BCUT2D eigenvalue weighted by Gasteiger charge is 2.31. The van der Waals surface area contributed by atoms with Gasteiger partial charge in [-0.3, -0.25) is 0 Å². The van der Waals surface area contributed by atoms with Crippen LogP contribution in [0.25, 0.3) is 0 Å². The average Bonchev–Trinajstić information content (AvgIpc) is 2.76. The van der Waals surface area contributed by atoms with Crippen molar-refractivity contribution in [2.45, 2.75) is 42.4 Å². The van der Waals surface area contributed by atoms with Crippen LogP contribution in [0.4, 0.5) is 5.69 Å². The van der Waals surface area contributed by atoms with Crippen LogP contribution in [0.2, 0.25) is 0 Å². The Morgan fingerprint density at radius 2 is 2.21 bits per heavy atom. The highest BCUT2D eigenvalue weighted by Crippen LogP contribution is 2.31. The average molecular weight is 300 g/mol. The van der Waals surface area contributed by atoms with Gasteiger partial charge in [-0.25, -0.2) is 13.1 Å². The Hall–Kier alpha value is -0.720. The fraction of sp³-hybridized carbons (Fsp3) is 0.538. The van der Waals surface area contributed by atoms with E-state index in [0.717, 1.165) is 25.0 Å². The van der Waals surface area contributed by atoms with E-state index in [1.54, 1.807) is 18.2 Å². The highest BCUT2D eigenvalue weighted by molar-refractivity contribution is 8.00. The molecule has 1 aromatic rings. The Kier molecular flexibility index (Phi) is 4.76. The molecule has 19 heavy (non-hydrogen) atoms. The topological polar surface area (TPSA) is 72.2 Å². The Labute approximate surface area is 119 Å². The number of nitrogen functional groups attached to an aromatic ring is 1. The van der Waals surface area contributed by atoms with E-state index < -0.39 is 10.0 Å². The van der Waals surface area contributed by atoms with Crippen LogP contribution in [0.15, 0.2) is 29.2 Å². The molecule has 0 radical (unpaired) electrons. The van der Waals surface area contributed by atoms with Crippen molar-refractivity contribution in [3.63, 3.8) is 0 Å². The van der Waals surface area contributed by atoms with Gasteiger partial charge in [0.05, 0.1) is 4.90 Å². The van der Waals surface area contributed by atoms with Gasteiger partial charge in [0, 0.05) is 17.0 Å². The van der Waals surface area contributed by atoms with Gasteiger partial charge in [-0.2, -0.15) is 11.8 Å². The Morgan fingerprint density at radius 3 is 2.89 bits per heavy atom. The fourth-order valence-corrected chi connectivity index (χ4v) is 5.07. The van der Waals surface area contributed by atoms with Crippen LogP contribution >= 0.6 is 11.8 Å². The van der Waals surface area contributed by atoms with Crippen molar-refractivity contribution >= 4 is 27.5 Å². The molecule has 0 spiro atoms. The van der Waals surface area contributed by atoms with Gasteiger partial charge in [-0.05, 0) is 36.8 Å². The maximum absolute atomic E-state index is 12.3. The summed E-state index contributed by atoms with van der Waals surface area (Å²) < 4.78 is 27.5. The summed E-state index contributed by atoms with van der Waals surface area (Å²) in [5, 5.41) is 0.390. The number of anilines is 1. The zero-order chi connectivity index (χ0) is 13.9. The second kappa shape index (κ2) is 6.15. The molecule has 0 aromatic heterocycles. The summed E-state index contributed by atoms with van der Waals surface area (Å²) in [6.45, 7) is 2.10. The molecule has 0 bridgehead atoms. The van der Waals surface area contributed by atoms with Gasteiger partial charge >= 0.3 is 0 Å². The first-order valence-electron chi connectivity index (χ1n) is 6.52. The van der Waals surface area contributed by atoms with E-state index in [9.17, 15) is 8.42 Å². The van der Waals surface area contributed by atoms with Gasteiger partial charge in [0.15, 0.2) is 0 Å². The lowest BCUT2D eigenvalue weighted by Gasteiger charge is -2.20. The molecule has 2 unspecified atom stereocenters. The maximum Gasteiger partial charge on any atom is 0.240 e. The minimum atomic E-state index is -3.46. The molecule has 6 heteroatoms. The van der Waals surface area contributed by atoms with Crippen molar-refractivity contribution < 1.29 is 8.42 Å². The number of rotatable bonds is 5. The largest absolute Gasteiger partial charge is 0.399 e. The predicted molar refractivity (Wildman–Crippen MR) is 80.7 cm³/mol. The highest BCUT2D eigenvalue weighted by atomic mass is 32.2. The molecule has 2 rings (SSSR count). The van der Waals surface area contributed by atoms with Crippen LogP contribution < -0.4 is 10.5 Å². The zero-order valence-electron chi connectivity index (χ0n) is 11.0. The molecular weight excluding hydrogens is 280 g/mol. The first kappa shape index (κ1) is 14.7. The van der Waals surface area contributed by atoms with Crippen LogP contribution in [-0.4, -0.2) is 25.5 Å². The minimum absolute atomic E-state index is 0.0383. The lowest BCUT2D eigenvalue weighted by atomic mass is 10.3. The molecule has 1 saturated carbocycles. The normalized spacial score (nSPS) is 23.6. The monoisotopic (exact) mass is 300 g/mol. The van der Waals surface area contributed by atoms with Crippen LogP contribution in [0, 0.1) is 0 Å². The second-order valence-corrected chi connectivity index (χ2v) is 7.96. The van der Waals surface area contributed by atoms with Crippen LogP contribution in [0.3, 0.4) is 0 Å². The molecule has 3 N–H and O–H groups in total. The summed E-state index contributed by atoms with van der Waals surface area (Å²) in [5.41, 5.74) is 6.11. The molecular formula is C13H20N2O2S2. The molecule has 0 saturated heterocycles. The molecule has 0 aliphatic heterocycles. The maximum atomic E-state index is 12.3. The Morgan fingerprint density at radius 1 is 1.42 bits per heavy atom. The number of hydrogen-bond donors (Lipinski definition) is 2. The van der Waals surface area contributed by atoms with Crippen LogP contribution in [0.1, 0.15) is 26.2 Å². The third-order valence-electron chi connectivity index (χ3n) is 3.31. The second-order valence-electron chi connectivity index (χ2n) is 4.72. The van der Waals surface area contributed by atoms with E-state index in [2.05, 4.69) is 11.6 Å². The Balaban J connectivity index is 2.13. The summed E-state index contributed by atoms with van der Waals surface area (Å²) in [6.07, 6.45) is 3.09. The zero-order valence-corrected chi connectivity index (χ0v) is 12.6. The van der Waals surface area contributed by atoms with Crippen molar-refractivity contribution in [3.05, 3.63) is 24.3 Å². The van der Waals surface area contributed by atoms with Crippen molar-refractivity contribution in [3.8, 4) is 0 Å². The summed E-state index contributed by atoms with van der Waals surface area (Å²) in [5.74, 6) is 1.02. The van der Waals surface area contributed by atoms with Crippen molar-refractivity contribution in [1.82, 2.24) is 4.72 Å². The van der Waals surface area contributed by atoms with Gasteiger partial charge < -0.3 is 5.73 Å². The molecule has 1 aliphatic rings. The van der Waals surface area contributed by atoms with Crippen molar-refractivity contribution in [2.75, 3.05) is 11.5 Å². The number of benzene rings is 1. The molecule has 4 nitrogen and oxygen atoms in total. The number of nitrogens with one attached hydrogen (secondary N) is 1. The smallest absolute Gasteiger partial charge is 0.240 e. The van der Waals surface area contributed by atoms with Gasteiger partial charge in [0.25, 0.3) is 0 Å². The third-order valence-corrected chi connectivity index (χ3v) is 6.12. The number of nitrogens with two attached hydrogens (primary N) is 1. The SMILES string of the molecule is CCSC1CCCC1NS(=O)(=O)c1cccc(N)c1. The summed E-state index contributed by atoms with van der Waals surface area (Å²) >= 11 is 1.83. The standard InChI is InChI=1S/C13H20N2O2S2/c1-2-18-13-8-4-7-12(13)15-19(16,17)11-6-3-5-10(14)9-11/h3,5-6,9,12-13,15H,2,4,7-8,14H2,1H3. The molecule has 1 fully saturated rings. The third kappa shape index (κ3) is 3.64. The molecule has 0 heterocycles. The van der Waals surface area contributed by atoms with Crippen LogP contribution in [-0.2, 0) is 10.0 Å². The van der Waals surface area contributed by atoms with E-state index in [1.807, 2.05) is 11.8 Å². The van der Waals surface area contributed by atoms with Crippen molar-refractivity contribution in [1.29, 1.82) is 0 Å². The number of hydrogen-bond acceptors (Lipinski definition) is 4. The van der Waals surface area contributed by atoms with E-state index >= 15 is 0 Å². The number of thioether (sulfide) groups is 1.